The fourth-order valence-electron chi connectivity index (χ4n) is 2.21. The summed E-state index contributed by atoms with van der Waals surface area (Å²) < 4.78 is 0. The zero-order chi connectivity index (χ0) is 11.3. The zero-order valence-corrected chi connectivity index (χ0v) is 10.3. The first-order valence-electron chi connectivity index (χ1n) is 6.11. The summed E-state index contributed by atoms with van der Waals surface area (Å²) in [7, 11) is 0. The monoisotopic (exact) mass is 212 g/mol. The summed E-state index contributed by atoms with van der Waals surface area (Å²) in [4.78, 5) is 15.8. The smallest absolute Gasteiger partial charge is 0.219 e. The van der Waals surface area contributed by atoms with E-state index in [0.29, 0.717) is 6.04 Å². The van der Waals surface area contributed by atoms with Crippen molar-refractivity contribution in [1.29, 1.82) is 0 Å². The molecule has 0 aromatic carbocycles. The zero-order valence-electron chi connectivity index (χ0n) is 10.3. The number of amides is 1. The molecule has 1 rings (SSSR count). The Kier molecular flexibility index (Phi) is 5.09. The van der Waals surface area contributed by atoms with Crippen LogP contribution in [0.3, 0.4) is 0 Å². The van der Waals surface area contributed by atoms with E-state index >= 15 is 0 Å². The highest BCUT2D eigenvalue weighted by Gasteiger charge is 2.15. The summed E-state index contributed by atoms with van der Waals surface area (Å²) in [6, 6.07) is 0.326. The van der Waals surface area contributed by atoms with Gasteiger partial charge in [0, 0.05) is 26.1 Å². The maximum absolute atomic E-state index is 11.4. The van der Waals surface area contributed by atoms with Crippen molar-refractivity contribution < 1.29 is 4.79 Å². The van der Waals surface area contributed by atoms with Crippen LogP contribution in [0.5, 0.6) is 0 Å². The van der Waals surface area contributed by atoms with Gasteiger partial charge in [-0.1, -0.05) is 6.42 Å². The number of likely N-dealkylation sites (tertiary alicyclic amines) is 1. The SMILES string of the molecule is CC(=O)N(CCN1CCCCC1)C(C)C. The van der Waals surface area contributed by atoms with Gasteiger partial charge in [-0.15, -0.1) is 0 Å². The fourth-order valence-corrected chi connectivity index (χ4v) is 2.21. The van der Waals surface area contributed by atoms with Gasteiger partial charge >= 0.3 is 0 Å². The molecule has 0 spiro atoms. The Morgan fingerprint density at radius 2 is 1.87 bits per heavy atom. The fraction of sp³-hybridized carbons (Fsp3) is 0.917. The molecule has 1 amide bonds. The Balaban J connectivity index is 2.29. The lowest BCUT2D eigenvalue weighted by Crippen LogP contribution is -2.42. The summed E-state index contributed by atoms with van der Waals surface area (Å²) >= 11 is 0. The molecule has 0 N–H and O–H groups in total. The molecule has 1 aliphatic heterocycles. The quantitative estimate of drug-likeness (QED) is 0.708. The maximum Gasteiger partial charge on any atom is 0.219 e. The summed E-state index contributed by atoms with van der Waals surface area (Å²) in [6.45, 7) is 10.2. The molecule has 1 fully saturated rings. The third-order valence-corrected chi connectivity index (χ3v) is 3.13. The van der Waals surface area contributed by atoms with Crippen LogP contribution in [-0.2, 0) is 4.79 Å². The van der Waals surface area contributed by atoms with Gasteiger partial charge in [0.05, 0.1) is 0 Å². The minimum Gasteiger partial charge on any atom is -0.339 e. The standard InChI is InChI=1S/C12H24N2O/c1-11(2)14(12(3)15)10-9-13-7-5-4-6-8-13/h11H,4-10H2,1-3H3. The van der Waals surface area contributed by atoms with Crippen LogP contribution in [0.4, 0.5) is 0 Å². The van der Waals surface area contributed by atoms with Gasteiger partial charge in [0.15, 0.2) is 0 Å². The summed E-state index contributed by atoms with van der Waals surface area (Å²) in [5.74, 6) is 0.196. The van der Waals surface area contributed by atoms with Crippen LogP contribution in [0.15, 0.2) is 0 Å². The van der Waals surface area contributed by atoms with Crippen molar-refractivity contribution in [1.82, 2.24) is 9.80 Å². The van der Waals surface area contributed by atoms with Gasteiger partial charge in [0.2, 0.25) is 5.91 Å². The molecule has 88 valence electrons. The van der Waals surface area contributed by atoms with Gasteiger partial charge in [-0.3, -0.25) is 4.79 Å². The van der Waals surface area contributed by atoms with Gasteiger partial charge in [-0.2, -0.15) is 0 Å². The molecule has 0 atom stereocenters. The number of hydrogen-bond acceptors (Lipinski definition) is 2. The Morgan fingerprint density at radius 3 is 2.33 bits per heavy atom. The van der Waals surface area contributed by atoms with E-state index in [1.165, 1.54) is 32.4 Å². The second-order valence-corrected chi connectivity index (χ2v) is 4.71. The van der Waals surface area contributed by atoms with Crippen LogP contribution in [0.1, 0.15) is 40.0 Å². The van der Waals surface area contributed by atoms with E-state index in [0.717, 1.165) is 13.1 Å². The van der Waals surface area contributed by atoms with Crippen LogP contribution in [0, 0.1) is 0 Å². The van der Waals surface area contributed by atoms with Crippen LogP contribution in [0.2, 0.25) is 0 Å². The van der Waals surface area contributed by atoms with Gasteiger partial charge in [0.1, 0.15) is 0 Å². The average molecular weight is 212 g/mol. The van der Waals surface area contributed by atoms with Crippen molar-refractivity contribution in [2.45, 2.75) is 46.1 Å². The van der Waals surface area contributed by atoms with E-state index in [1.807, 2.05) is 4.90 Å². The normalized spacial score (nSPS) is 18.1. The third kappa shape index (κ3) is 4.20. The van der Waals surface area contributed by atoms with Gasteiger partial charge in [0.25, 0.3) is 0 Å². The lowest BCUT2D eigenvalue weighted by Gasteiger charge is -2.31. The lowest BCUT2D eigenvalue weighted by atomic mass is 10.1. The van der Waals surface area contributed by atoms with Crippen molar-refractivity contribution in [3.8, 4) is 0 Å². The molecule has 1 saturated heterocycles. The summed E-state index contributed by atoms with van der Waals surface area (Å²) in [5.41, 5.74) is 0. The van der Waals surface area contributed by atoms with Crippen molar-refractivity contribution in [3.05, 3.63) is 0 Å². The van der Waals surface area contributed by atoms with Gasteiger partial charge in [-0.05, 0) is 39.8 Å². The first-order chi connectivity index (χ1) is 7.11. The third-order valence-electron chi connectivity index (χ3n) is 3.13. The molecule has 1 heterocycles. The lowest BCUT2D eigenvalue weighted by molar-refractivity contribution is -0.130. The maximum atomic E-state index is 11.4. The van der Waals surface area contributed by atoms with E-state index in [4.69, 9.17) is 0 Å². The largest absolute Gasteiger partial charge is 0.339 e. The molecule has 0 aromatic heterocycles. The predicted molar refractivity (Wildman–Crippen MR) is 62.8 cm³/mol. The molecule has 0 unspecified atom stereocenters. The van der Waals surface area contributed by atoms with Gasteiger partial charge < -0.3 is 9.80 Å². The van der Waals surface area contributed by atoms with Crippen LogP contribution in [-0.4, -0.2) is 47.9 Å². The number of carbonyl (C=O) groups is 1. The Morgan fingerprint density at radius 1 is 1.27 bits per heavy atom. The van der Waals surface area contributed by atoms with Crippen LogP contribution < -0.4 is 0 Å². The molecule has 0 aliphatic carbocycles. The molecule has 3 heteroatoms. The second-order valence-electron chi connectivity index (χ2n) is 4.71. The molecule has 0 saturated carbocycles. The topological polar surface area (TPSA) is 23.6 Å². The van der Waals surface area contributed by atoms with Crippen LogP contribution in [0.25, 0.3) is 0 Å². The van der Waals surface area contributed by atoms with E-state index in [1.54, 1.807) is 6.92 Å². The van der Waals surface area contributed by atoms with Crippen molar-refractivity contribution >= 4 is 5.91 Å². The second kappa shape index (κ2) is 6.11. The molecular formula is C12H24N2O. The highest BCUT2D eigenvalue weighted by Crippen LogP contribution is 2.08. The van der Waals surface area contributed by atoms with E-state index < -0.39 is 0 Å². The molecular weight excluding hydrogens is 188 g/mol. The number of piperidine rings is 1. The van der Waals surface area contributed by atoms with E-state index in [9.17, 15) is 4.79 Å². The van der Waals surface area contributed by atoms with Crippen LogP contribution >= 0.6 is 0 Å². The number of hydrogen-bond donors (Lipinski definition) is 0. The Bertz CT molecular complexity index is 198. The first kappa shape index (κ1) is 12.5. The average Bonchev–Trinajstić information content (AvgIpc) is 2.18. The first-order valence-corrected chi connectivity index (χ1v) is 6.11. The Labute approximate surface area is 93.4 Å². The van der Waals surface area contributed by atoms with Crippen molar-refractivity contribution in [3.63, 3.8) is 0 Å². The summed E-state index contributed by atoms with van der Waals surface area (Å²) in [5, 5.41) is 0. The molecule has 3 nitrogen and oxygen atoms in total. The Hall–Kier alpha value is -0.570. The van der Waals surface area contributed by atoms with E-state index in [2.05, 4.69) is 18.7 Å². The van der Waals surface area contributed by atoms with Crippen molar-refractivity contribution in [2.75, 3.05) is 26.2 Å². The highest BCUT2D eigenvalue weighted by molar-refractivity contribution is 5.73. The van der Waals surface area contributed by atoms with Gasteiger partial charge in [-0.25, -0.2) is 0 Å². The molecule has 1 aliphatic rings. The molecule has 15 heavy (non-hydrogen) atoms. The van der Waals surface area contributed by atoms with Crippen molar-refractivity contribution in [2.24, 2.45) is 0 Å². The minimum atomic E-state index is 0.196. The van der Waals surface area contributed by atoms with E-state index in [-0.39, 0.29) is 5.91 Å². The molecule has 0 radical (unpaired) electrons. The predicted octanol–water partition coefficient (Wildman–Crippen LogP) is 1.73. The molecule has 0 bridgehead atoms. The minimum absolute atomic E-state index is 0.196. The number of rotatable bonds is 4. The molecule has 0 aromatic rings. The summed E-state index contributed by atoms with van der Waals surface area (Å²) in [6.07, 6.45) is 4.01. The highest BCUT2D eigenvalue weighted by atomic mass is 16.2. The number of nitrogens with zero attached hydrogens (tertiary/aromatic N) is 2. The number of carbonyl (C=O) groups excluding carboxylic acids is 1.